The quantitative estimate of drug-likeness (QED) is 0.563. The first-order valence-electron chi connectivity index (χ1n) is 2.34. The van der Waals surface area contributed by atoms with E-state index in [2.05, 4.69) is 0 Å². The summed E-state index contributed by atoms with van der Waals surface area (Å²) < 4.78 is 0.463. The molecular formula is C4H10GeO2. The monoisotopic (exact) mass is 164 g/mol. The number of carbonyl (C=O) groups is 1. The minimum absolute atomic E-state index is 0.361. The van der Waals surface area contributed by atoms with Gasteiger partial charge in [-0.1, -0.05) is 0 Å². The molecule has 0 radical (unpaired) electrons. The fourth-order valence-corrected chi connectivity index (χ4v) is 1.08. The Morgan fingerprint density at radius 3 is 2.43 bits per heavy atom. The van der Waals surface area contributed by atoms with Crippen LogP contribution in [0.1, 0.15) is 13.3 Å². The molecule has 0 aromatic rings. The molecule has 0 rings (SSSR count). The summed E-state index contributed by atoms with van der Waals surface area (Å²) in [5, 5.41) is 8.11. The van der Waals surface area contributed by atoms with Crippen molar-refractivity contribution < 1.29 is 9.90 Å². The molecule has 0 amide bonds. The van der Waals surface area contributed by atoms with Crippen LogP contribution in [0.15, 0.2) is 0 Å². The van der Waals surface area contributed by atoms with E-state index in [0.29, 0.717) is 27.7 Å². The zero-order chi connectivity index (χ0) is 5.86. The molecule has 3 heteroatoms. The second-order valence-electron chi connectivity index (χ2n) is 1.99. The van der Waals surface area contributed by atoms with Crippen LogP contribution in [0.4, 0.5) is 0 Å². The van der Waals surface area contributed by atoms with Gasteiger partial charge in [0.15, 0.2) is 0 Å². The molecule has 42 valence electrons. The van der Waals surface area contributed by atoms with E-state index in [0.717, 1.165) is 0 Å². The Kier molecular flexibility index (Phi) is 3.08. The average Bonchev–Trinajstić information content (AvgIpc) is 1.27. The molecule has 0 saturated carbocycles. The van der Waals surface area contributed by atoms with Gasteiger partial charge in [0.05, 0.1) is 0 Å². The van der Waals surface area contributed by atoms with Gasteiger partial charge in [-0.2, -0.15) is 0 Å². The van der Waals surface area contributed by atoms with Crippen LogP contribution >= 0.6 is 0 Å². The van der Waals surface area contributed by atoms with Crippen molar-refractivity contribution >= 4 is 22.5 Å². The van der Waals surface area contributed by atoms with Gasteiger partial charge in [0.25, 0.3) is 0 Å². The van der Waals surface area contributed by atoms with Gasteiger partial charge < -0.3 is 0 Å². The Labute approximate surface area is 51.1 Å². The molecule has 0 spiro atoms. The molecule has 0 aliphatic heterocycles. The molecule has 0 bridgehead atoms. The number of aliphatic carboxylic acids is 1. The fraction of sp³-hybridized carbons (Fsp3) is 0.750. The third kappa shape index (κ3) is 6.01. The van der Waals surface area contributed by atoms with E-state index in [9.17, 15) is 4.79 Å². The fourth-order valence-electron chi connectivity index (χ4n) is 0.349. The van der Waals surface area contributed by atoms with Gasteiger partial charge in [0, 0.05) is 0 Å². The third-order valence-electron chi connectivity index (χ3n) is 0.583. The van der Waals surface area contributed by atoms with Gasteiger partial charge in [-0.15, -0.1) is 0 Å². The van der Waals surface area contributed by atoms with Crippen molar-refractivity contribution in [1.29, 1.82) is 0 Å². The molecule has 0 aliphatic carbocycles. The molecule has 1 N–H and O–H groups in total. The molecule has 0 aromatic heterocycles. The number of carboxylic acid groups (broad SMARTS) is 1. The summed E-state index contributed by atoms with van der Waals surface area (Å²) in [7, 11) is 0. The first-order chi connectivity index (χ1) is 3.13. The van der Waals surface area contributed by atoms with Crippen LogP contribution in [0.2, 0.25) is 4.75 Å². The molecule has 7 heavy (non-hydrogen) atoms. The molecule has 1 atom stereocenters. The molecular weight excluding hydrogens is 153 g/mol. The van der Waals surface area contributed by atoms with Gasteiger partial charge in [-0.3, -0.25) is 0 Å². The van der Waals surface area contributed by atoms with Crippen molar-refractivity contribution in [2.24, 2.45) is 0 Å². The second kappa shape index (κ2) is 3.07. The van der Waals surface area contributed by atoms with Crippen molar-refractivity contribution in [3.63, 3.8) is 0 Å². The topological polar surface area (TPSA) is 37.3 Å². The number of hydrogen-bond acceptors (Lipinski definition) is 1. The molecule has 0 saturated heterocycles. The van der Waals surface area contributed by atoms with E-state index in [1.165, 1.54) is 0 Å². The number of hydrogen-bond donors (Lipinski definition) is 1. The number of rotatable bonds is 2. The normalized spacial score (nSPS) is 13.9. The van der Waals surface area contributed by atoms with Crippen molar-refractivity contribution in [2.45, 2.75) is 18.1 Å². The first kappa shape index (κ1) is 7.01. The van der Waals surface area contributed by atoms with Crippen molar-refractivity contribution in [3.8, 4) is 0 Å². The third-order valence-corrected chi connectivity index (χ3v) is 1.44. The molecule has 0 fully saturated rings. The maximum atomic E-state index is 9.84. The molecule has 0 aromatic carbocycles. The molecule has 2 nitrogen and oxygen atoms in total. The van der Waals surface area contributed by atoms with E-state index in [4.69, 9.17) is 5.11 Å². The predicted molar refractivity (Wildman–Crippen MR) is 31.6 cm³/mol. The first-order valence-corrected chi connectivity index (χ1v) is 4.77. The van der Waals surface area contributed by atoms with E-state index < -0.39 is 5.97 Å². The summed E-state index contributed by atoms with van der Waals surface area (Å²) in [4.78, 5) is 9.84. The number of carboxylic acids is 1. The van der Waals surface area contributed by atoms with Crippen LogP contribution in [0.5, 0.6) is 0 Å². The zero-order valence-corrected chi connectivity index (χ0v) is 8.84. The average molecular weight is 163 g/mol. The van der Waals surface area contributed by atoms with Crippen LogP contribution in [-0.2, 0) is 4.79 Å². The molecule has 1 unspecified atom stereocenters. The molecule has 0 aliphatic rings. The SMILES string of the molecule is C[CH]([GeH3])CC(=O)O. The van der Waals surface area contributed by atoms with Crippen molar-refractivity contribution in [1.82, 2.24) is 0 Å². The summed E-state index contributed by atoms with van der Waals surface area (Å²) in [6.07, 6.45) is 0.361. The standard InChI is InChI=1S/C4H10GeO2/c1-3(5)2-4(6)7/h3H,2H2,1,5H3,(H,6,7). The minimum atomic E-state index is -0.666. The predicted octanol–water partition coefficient (Wildman–Crippen LogP) is -0.365. The van der Waals surface area contributed by atoms with E-state index in [-0.39, 0.29) is 0 Å². The van der Waals surface area contributed by atoms with Gasteiger partial charge in [-0.25, -0.2) is 0 Å². The van der Waals surface area contributed by atoms with E-state index >= 15 is 0 Å². The summed E-state index contributed by atoms with van der Waals surface area (Å²) in [5.41, 5.74) is 0. The van der Waals surface area contributed by atoms with Gasteiger partial charge in [0.2, 0.25) is 0 Å². The zero-order valence-electron chi connectivity index (χ0n) is 4.64. The second-order valence-corrected chi connectivity index (χ2v) is 6.13. The Hall–Kier alpha value is 0.0129. The van der Waals surface area contributed by atoms with Gasteiger partial charge in [0.1, 0.15) is 0 Å². The summed E-state index contributed by atoms with van der Waals surface area (Å²) in [6.45, 7) is 1.97. The van der Waals surface area contributed by atoms with Crippen molar-refractivity contribution in [3.05, 3.63) is 0 Å². The summed E-state index contributed by atoms with van der Waals surface area (Å²) in [6, 6.07) is 0. The Balaban J connectivity index is 3.13. The van der Waals surface area contributed by atoms with Crippen LogP contribution in [0, 0.1) is 0 Å². The van der Waals surface area contributed by atoms with E-state index in [1.807, 2.05) is 6.92 Å². The van der Waals surface area contributed by atoms with Crippen LogP contribution < -0.4 is 0 Å². The Bertz CT molecular complexity index is 70.1. The Morgan fingerprint density at radius 2 is 2.43 bits per heavy atom. The maximum absolute atomic E-state index is 9.84. The summed E-state index contributed by atoms with van der Waals surface area (Å²) >= 11 is 0.672. The van der Waals surface area contributed by atoms with Crippen LogP contribution in [0.25, 0.3) is 0 Å². The van der Waals surface area contributed by atoms with Gasteiger partial charge in [-0.05, 0) is 0 Å². The van der Waals surface area contributed by atoms with Crippen LogP contribution in [-0.4, -0.2) is 27.6 Å². The van der Waals surface area contributed by atoms with Crippen molar-refractivity contribution in [2.75, 3.05) is 0 Å². The summed E-state index contributed by atoms with van der Waals surface area (Å²) in [5.74, 6) is -0.666. The van der Waals surface area contributed by atoms with Gasteiger partial charge >= 0.3 is 50.5 Å². The van der Waals surface area contributed by atoms with Crippen LogP contribution in [0.3, 0.4) is 0 Å². The molecule has 0 heterocycles. The van der Waals surface area contributed by atoms with E-state index in [1.54, 1.807) is 0 Å². The Morgan fingerprint density at radius 1 is 2.00 bits per heavy atom.